The molecule has 1 N–H and O–H groups in total. The summed E-state index contributed by atoms with van der Waals surface area (Å²) in [5, 5.41) is 23.1. The number of amides is 1. The topological polar surface area (TPSA) is 92.6 Å². The van der Waals surface area contributed by atoms with E-state index in [0.717, 1.165) is 16.7 Å². The van der Waals surface area contributed by atoms with Crippen molar-refractivity contribution in [2.24, 2.45) is 0 Å². The lowest BCUT2D eigenvalue weighted by molar-refractivity contribution is -0.132. The first-order valence-electron chi connectivity index (χ1n) is 13.3. The van der Waals surface area contributed by atoms with E-state index in [2.05, 4.69) is 10.2 Å². The van der Waals surface area contributed by atoms with E-state index in [1.54, 1.807) is 36.4 Å². The molecule has 1 aliphatic heterocycles. The lowest BCUT2D eigenvalue weighted by Gasteiger charge is -2.20. The van der Waals surface area contributed by atoms with Crippen LogP contribution in [0.3, 0.4) is 0 Å². The number of hydrogen-bond acceptors (Lipinski definition) is 9. The zero-order valence-electron chi connectivity index (χ0n) is 23.1. The fraction of sp³-hybridized carbons (Fsp3) is 0.125. The minimum absolute atomic E-state index is 0.0108. The van der Waals surface area contributed by atoms with E-state index in [9.17, 15) is 14.7 Å². The van der Waals surface area contributed by atoms with Crippen molar-refractivity contribution in [2.45, 2.75) is 29.7 Å². The monoisotopic (exact) mass is 679 g/mol. The molecule has 3 aromatic carbocycles. The fourth-order valence-corrected chi connectivity index (χ4v) is 7.93. The second-order valence-corrected chi connectivity index (χ2v) is 13.8. The van der Waals surface area contributed by atoms with Crippen LogP contribution in [0, 0.1) is 6.92 Å². The molecule has 1 fully saturated rings. The lowest BCUT2D eigenvalue weighted by Crippen LogP contribution is -2.29. The predicted octanol–water partition coefficient (Wildman–Crippen LogP) is 8.71. The van der Waals surface area contributed by atoms with Gasteiger partial charge in [-0.25, -0.2) is 0 Å². The Balaban J connectivity index is 1.26. The molecule has 6 rings (SSSR count). The number of Topliss-reactive ketones (excluding diaryl/α,β-unsaturated/α-hetero) is 1. The number of nitrogens with zero attached hydrogens (tertiary/aromatic N) is 3. The number of benzene rings is 3. The maximum Gasteiger partial charge on any atom is 0.301 e. The van der Waals surface area contributed by atoms with Crippen molar-refractivity contribution in [1.29, 1.82) is 0 Å². The third-order valence-corrected chi connectivity index (χ3v) is 10.6. The SMILES string of the molecule is Cc1ccccc1COc1ccc(/C(O)=C2\C(=O)C(=O)N(c3nnc(SCc4ccc(Cl)cc4Cl)s3)C2c2cccs2)cc1. The molecule has 7 nitrogen and oxygen atoms in total. The van der Waals surface area contributed by atoms with Crippen molar-refractivity contribution in [3.05, 3.63) is 127 Å². The van der Waals surface area contributed by atoms with Gasteiger partial charge < -0.3 is 9.84 Å². The Kier molecular flexibility index (Phi) is 9.06. The number of ketones is 1. The molecule has 12 heteroatoms. The molecule has 1 amide bonds. The molecule has 0 spiro atoms. The van der Waals surface area contributed by atoms with Crippen molar-refractivity contribution in [1.82, 2.24) is 10.2 Å². The summed E-state index contributed by atoms with van der Waals surface area (Å²) in [6.45, 7) is 2.43. The van der Waals surface area contributed by atoms with Crippen molar-refractivity contribution >= 4 is 80.2 Å². The second kappa shape index (κ2) is 13.1. The summed E-state index contributed by atoms with van der Waals surface area (Å²) in [5.74, 6) is -0.720. The minimum atomic E-state index is -0.858. The highest BCUT2D eigenvalue weighted by atomic mass is 35.5. The van der Waals surface area contributed by atoms with Crippen LogP contribution in [0.5, 0.6) is 5.75 Å². The molecule has 222 valence electrons. The first-order chi connectivity index (χ1) is 21.3. The summed E-state index contributed by atoms with van der Waals surface area (Å²) in [5.41, 5.74) is 3.46. The number of hydrogen-bond donors (Lipinski definition) is 1. The Labute approximate surface area is 275 Å². The third kappa shape index (κ3) is 6.27. The number of anilines is 1. The zero-order valence-corrected chi connectivity index (χ0v) is 27.0. The molecule has 1 unspecified atom stereocenters. The van der Waals surface area contributed by atoms with E-state index in [1.807, 2.05) is 54.8 Å². The number of carbonyl (C=O) groups excluding carboxylic acids is 2. The average Bonchev–Trinajstić information content (AvgIpc) is 3.77. The molecule has 0 bridgehead atoms. The Morgan fingerprint density at radius 2 is 1.80 bits per heavy atom. The normalized spacial score (nSPS) is 16.1. The fourth-order valence-electron chi connectivity index (χ4n) is 4.68. The summed E-state index contributed by atoms with van der Waals surface area (Å²) in [6.07, 6.45) is 0. The second-order valence-electron chi connectivity index (χ2n) is 9.80. The smallest absolute Gasteiger partial charge is 0.301 e. The van der Waals surface area contributed by atoms with Gasteiger partial charge >= 0.3 is 5.91 Å². The van der Waals surface area contributed by atoms with E-state index in [-0.39, 0.29) is 16.5 Å². The highest BCUT2D eigenvalue weighted by Gasteiger charge is 2.48. The number of aliphatic hydroxyl groups is 1. The van der Waals surface area contributed by atoms with Crippen LogP contribution in [-0.2, 0) is 21.9 Å². The maximum atomic E-state index is 13.4. The molecule has 1 atom stereocenters. The van der Waals surface area contributed by atoms with Crippen molar-refractivity contribution in [2.75, 3.05) is 4.90 Å². The number of ether oxygens (including phenoxy) is 1. The largest absolute Gasteiger partial charge is 0.507 e. The molecule has 3 heterocycles. The van der Waals surface area contributed by atoms with Gasteiger partial charge in [0.05, 0.1) is 5.57 Å². The van der Waals surface area contributed by atoms with Crippen LogP contribution in [0.1, 0.15) is 33.2 Å². The van der Waals surface area contributed by atoms with Gasteiger partial charge in [0.15, 0.2) is 4.34 Å². The van der Waals surface area contributed by atoms with Crippen LogP contribution in [0.15, 0.2) is 94.2 Å². The van der Waals surface area contributed by atoms with Gasteiger partial charge in [-0.2, -0.15) is 0 Å². The number of thiophene rings is 1. The van der Waals surface area contributed by atoms with Gasteiger partial charge in [-0.15, -0.1) is 21.5 Å². The van der Waals surface area contributed by atoms with Gasteiger partial charge in [0.25, 0.3) is 5.78 Å². The quantitative estimate of drug-likeness (QED) is 0.0548. The van der Waals surface area contributed by atoms with Crippen LogP contribution >= 0.6 is 57.6 Å². The summed E-state index contributed by atoms with van der Waals surface area (Å²) >= 11 is 16.3. The highest BCUT2D eigenvalue weighted by Crippen LogP contribution is 2.45. The van der Waals surface area contributed by atoms with Gasteiger partial charge in [-0.05, 0) is 71.5 Å². The molecule has 5 aromatic rings. The highest BCUT2D eigenvalue weighted by molar-refractivity contribution is 8.00. The first kappa shape index (κ1) is 30.4. The Morgan fingerprint density at radius 1 is 1.00 bits per heavy atom. The molecular formula is C32H23Cl2N3O4S3. The molecule has 0 aliphatic carbocycles. The maximum absolute atomic E-state index is 13.4. The lowest BCUT2D eigenvalue weighted by atomic mass is 10.00. The van der Waals surface area contributed by atoms with Gasteiger partial charge in [0, 0.05) is 26.2 Å². The number of aromatic nitrogens is 2. The molecule has 0 saturated carbocycles. The van der Waals surface area contributed by atoms with E-state index >= 15 is 0 Å². The van der Waals surface area contributed by atoms with E-state index in [1.165, 1.54) is 39.3 Å². The Hall–Kier alpha value is -3.67. The third-order valence-electron chi connectivity index (χ3n) is 7.01. The van der Waals surface area contributed by atoms with Gasteiger partial charge in [-0.3, -0.25) is 14.5 Å². The predicted molar refractivity (Wildman–Crippen MR) is 177 cm³/mol. The van der Waals surface area contributed by atoms with Crippen LogP contribution in [0.25, 0.3) is 5.76 Å². The Bertz CT molecular complexity index is 1870. The summed E-state index contributed by atoms with van der Waals surface area (Å²) in [6, 6.07) is 22.9. The van der Waals surface area contributed by atoms with Crippen molar-refractivity contribution in [3.8, 4) is 5.75 Å². The zero-order chi connectivity index (χ0) is 30.8. The van der Waals surface area contributed by atoms with Crippen LogP contribution in [0.4, 0.5) is 5.13 Å². The number of aliphatic hydroxyl groups excluding tert-OH is 1. The van der Waals surface area contributed by atoms with Crippen LogP contribution in [-0.4, -0.2) is 27.0 Å². The number of carbonyl (C=O) groups is 2. The minimum Gasteiger partial charge on any atom is -0.507 e. The number of aryl methyl sites for hydroxylation is 1. The molecule has 44 heavy (non-hydrogen) atoms. The Morgan fingerprint density at radius 3 is 2.52 bits per heavy atom. The summed E-state index contributed by atoms with van der Waals surface area (Å²) < 4.78 is 6.53. The number of rotatable bonds is 9. The number of halogens is 2. The number of thioether (sulfide) groups is 1. The van der Waals surface area contributed by atoms with Crippen LogP contribution < -0.4 is 9.64 Å². The molecule has 1 saturated heterocycles. The van der Waals surface area contributed by atoms with E-state index < -0.39 is 17.7 Å². The summed E-state index contributed by atoms with van der Waals surface area (Å²) in [4.78, 5) is 28.9. The standard InChI is InChI=1S/C32H23Cl2N3O4S3/c1-18-5-2-3-6-20(18)16-41-23-12-9-19(10-13-23)28(38)26-27(25-7-4-14-42-25)37(30(40)29(26)39)31-35-36-32(44-31)43-17-21-8-11-22(33)15-24(21)34/h2-15,27,38H,16-17H2,1H3/b28-26+. The van der Waals surface area contributed by atoms with E-state index in [4.69, 9.17) is 27.9 Å². The van der Waals surface area contributed by atoms with Gasteiger partial charge in [-0.1, -0.05) is 82.7 Å². The van der Waals surface area contributed by atoms with Gasteiger partial charge in [0.1, 0.15) is 24.2 Å². The molecule has 0 radical (unpaired) electrons. The van der Waals surface area contributed by atoms with Gasteiger partial charge in [0.2, 0.25) is 5.13 Å². The summed E-state index contributed by atoms with van der Waals surface area (Å²) in [7, 11) is 0. The van der Waals surface area contributed by atoms with Crippen LogP contribution in [0.2, 0.25) is 10.0 Å². The van der Waals surface area contributed by atoms with Crippen molar-refractivity contribution in [3.63, 3.8) is 0 Å². The first-order valence-corrected chi connectivity index (χ1v) is 16.8. The molecule has 1 aliphatic rings. The van der Waals surface area contributed by atoms with Crippen molar-refractivity contribution < 1.29 is 19.4 Å². The molecular weight excluding hydrogens is 657 g/mol. The molecule has 2 aromatic heterocycles. The van der Waals surface area contributed by atoms with E-state index in [0.29, 0.717) is 42.9 Å². The average molecular weight is 681 g/mol.